The van der Waals surface area contributed by atoms with Gasteiger partial charge in [0.1, 0.15) is 5.82 Å². The van der Waals surface area contributed by atoms with Crippen LogP contribution in [0.25, 0.3) is 5.69 Å². The maximum atomic E-state index is 13.8. The fraction of sp³-hybridized carbons (Fsp3) is 0.143. The Kier molecular flexibility index (Phi) is 5.51. The summed E-state index contributed by atoms with van der Waals surface area (Å²) in [6.45, 7) is 5.23. The van der Waals surface area contributed by atoms with Crippen LogP contribution in [0.3, 0.4) is 0 Å². The summed E-state index contributed by atoms with van der Waals surface area (Å²) in [5.74, 6) is -1.43. The van der Waals surface area contributed by atoms with Crippen molar-refractivity contribution in [3.05, 3.63) is 76.3 Å². The number of rotatable bonds is 4. The Morgan fingerprint density at radius 2 is 1.64 bits per heavy atom. The monoisotopic (exact) mass is 399 g/mol. The molecule has 0 aliphatic rings. The molecule has 28 heavy (non-hydrogen) atoms. The summed E-state index contributed by atoms with van der Waals surface area (Å²) in [5, 5.41) is 5.37. The third-order valence-electron chi connectivity index (χ3n) is 4.26. The second-order valence-electron chi connectivity index (χ2n) is 6.45. The number of nitrogens with one attached hydrogen (secondary N) is 2. The van der Waals surface area contributed by atoms with E-state index in [2.05, 4.69) is 10.6 Å². The van der Waals surface area contributed by atoms with E-state index in [0.717, 1.165) is 17.1 Å². The summed E-state index contributed by atoms with van der Waals surface area (Å²) in [4.78, 5) is 23.9. The quantitative estimate of drug-likeness (QED) is 0.641. The summed E-state index contributed by atoms with van der Waals surface area (Å²) in [6, 6.07) is 13.1. The van der Waals surface area contributed by atoms with Crippen molar-refractivity contribution in [1.29, 1.82) is 0 Å². The van der Waals surface area contributed by atoms with Crippen molar-refractivity contribution in [3.63, 3.8) is 0 Å². The lowest BCUT2D eigenvalue weighted by Crippen LogP contribution is -2.14. The number of aromatic nitrogens is 1. The predicted octanol–water partition coefficient (Wildman–Crippen LogP) is 5.10. The first-order valence-corrected chi connectivity index (χ1v) is 8.97. The van der Waals surface area contributed by atoms with E-state index in [9.17, 15) is 14.0 Å². The summed E-state index contributed by atoms with van der Waals surface area (Å²) >= 11 is 6.24. The van der Waals surface area contributed by atoms with E-state index >= 15 is 0 Å². The van der Waals surface area contributed by atoms with Crippen LogP contribution in [0, 0.1) is 19.7 Å². The van der Waals surface area contributed by atoms with E-state index in [-0.39, 0.29) is 11.3 Å². The van der Waals surface area contributed by atoms with Crippen molar-refractivity contribution >= 4 is 34.8 Å². The molecule has 2 N–H and O–H groups in total. The number of hydrogen-bond donors (Lipinski definition) is 2. The van der Waals surface area contributed by atoms with Crippen LogP contribution in [0.2, 0.25) is 5.02 Å². The molecule has 7 heteroatoms. The number of carbonyl (C=O) groups excluding carboxylic acids is 2. The molecule has 3 rings (SSSR count). The molecule has 0 atom stereocenters. The molecule has 0 bridgehead atoms. The number of hydrogen-bond acceptors (Lipinski definition) is 2. The first kappa shape index (κ1) is 19.6. The van der Waals surface area contributed by atoms with Crippen molar-refractivity contribution < 1.29 is 14.0 Å². The maximum Gasteiger partial charge on any atom is 0.257 e. The van der Waals surface area contributed by atoms with Gasteiger partial charge in [0, 0.05) is 29.7 Å². The summed E-state index contributed by atoms with van der Waals surface area (Å²) in [6.07, 6.45) is 0. The Bertz CT molecular complexity index is 1060. The van der Waals surface area contributed by atoms with Crippen LogP contribution in [0.15, 0.2) is 48.5 Å². The van der Waals surface area contributed by atoms with E-state index in [0.29, 0.717) is 10.7 Å². The predicted molar refractivity (Wildman–Crippen MR) is 109 cm³/mol. The van der Waals surface area contributed by atoms with Gasteiger partial charge in [0.2, 0.25) is 5.91 Å². The van der Waals surface area contributed by atoms with Gasteiger partial charge in [0.05, 0.1) is 16.3 Å². The second-order valence-corrected chi connectivity index (χ2v) is 6.85. The molecule has 0 spiro atoms. The zero-order valence-electron chi connectivity index (χ0n) is 15.6. The molecular weight excluding hydrogens is 381 g/mol. The van der Waals surface area contributed by atoms with Crippen LogP contribution in [-0.2, 0) is 4.79 Å². The highest BCUT2D eigenvalue weighted by Crippen LogP contribution is 2.25. The number of benzene rings is 2. The topological polar surface area (TPSA) is 63.1 Å². The molecule has 1 heterocycles. The highest BCUT2D eigenvalue weighted by Gasteiger charge is 2.15. The van der Waals surface area contributed by atoms with E-state index in [1.54, 1.807) is 12.1 Å². The van der Waals surface area contributed by atoms with Gasteiger partial charge in [0.25, 0.3) is 5.91 Å². The van der Waals surface area contributed by atoms with Crippen LogP contribution in [0.4, 0.5) is 15.8 Å². The van der Waals surface area contributed by atoms with E-state index in [1.807, 2.05) is 36.6 Å². The minimum absolute atomic E-state index is 0.0104. The molecule has 5 nitrogen and oxygen atoms in total. The first-order valence-electron chi connectivity index (χ1n) is 8.59. The average Bonchev–Trinajstić information content (AvgIpc) is 2.96. The molecule has 2 aromatic carbocycles. The summed E-state index contributed by atoms with van der Waals surface area (Å²) < 4.78 is 15.8. The first-order chi connectivity index (χ1) is 13.3. The number of carbonyl (C=O) groups is 2. The standard InChI is InChI=1S/C21H19ClFN3O2/c1-12-4-5-13(2)26(12)16-7-8-18(22)17(11-16)21(28)25-15-6-9-19(23)20(10-15)24-14(3)27/h4-11H,1-3H3,(H,24,27)(H,25,28). The van der Waals surface area contributed by atoms with Crippen molar-refractivity contribution in [2.24, 2.45) is 0 Å². The highest BCUT2D eigenvalue weighted by atomic mass is 35.5. The number of anilines is 2. The highest BCUT2D eigenvalue weighted by molar-refractivity contribution is 6.34. The van der Waals surface area contributed by atoms with Gasteiger partial charge in [-0.15, -0.1) is 0 Å². The molecule has 0 saturated heterocycles. The van der Waals surface area contributed by atoms with E-state index in [4.69, 9.17) is 11.6 Å². The Hall–Kier alpha value is -3.12. The van der Waals surface area contributed by atoms with Crippen molar-refractivity contribution in [2.75, 3.05) is 10.6 Å². The van der Waals surface area contributed by atoms with Crippen LogP contribution in [0.1, 0.15) is 28.7 Å². The van der Waals surface area contributed by atoms with Gasteiger partial charge in [-0.2, -0.15) is 0 Å². The Balaban J connectivity index is 1.91. The zero-order valence-corrected chi connectivity index (χ0v) is 16.4. The Morgan fingerprint density at radius 1 is 0.964 bits per heavy atom. The van der Waals surface area contributed by atoms with Crippen LogP contribution < -0.4 is 10.6 Å². The Labute approximate surface area is 167 Å². The molecule has 0 aliphatic heterocycles. The average molecular weight is 400 g/mol. The van der Waals surface area contributed by atoms with Crippen LogP contribution in [-0.4, -0.2) is 16.4 Å². The number of nitrogens with zero attached hydrogens (tertiary/aromatic N) is 1. The van der Waals surface area contributed by atoms with Crippen LogP contribution in [0.5, 0.6) is 0 Å². The van der Waals surface area contributed by atoms with Gasteiger partial charge >= 0.3 is 0 Å². The van der Waals surface area contributed by atoms with Gasteiger partial charge in [-0.05, 0) is 62.4 Å². The van der Waals surface area contributed by atoms with Gasteiger partial charge in [-0.25, -0.2) is 4.39 Å². The van der Waals surface area contributed by atoms with Crippen molar-refractivity contribution in [3.8, 4) is 5.69 Å². The third-order valence-corrected chi connectivity index (χ3v) is 4.59. The second kappa shape index (κ2) is 7.86. The molecule has 1 aromatic heterocycles. The molecule has 3 aromatic rings. The molecule has 0 aliphatic carbocycles. The van der Waals surface area contributed by atoms with Gasteiger partial charge in [-0.3, -0.25) is 9.59 Å². The molecule has 0 saturated carbocycles. The largest absolute Gasteiger partial charge is 0.324 e. The lowest BCUT2D eigenvalue weighted by Gasteiger charge is -2.13. The number of amides is 2. The molecule has 0 fully saturated rings. The fourth-order valence-electron chi connectivity index (χ4n) is 2.99. The third kappa shape index (κ3) is 4.07. The molecule has 144 valence electrons. The lowest BCUT2D eigenvalue weighted by atomic mass is 10.1. The smallest absolute Gasteiger partial charge is 0.257 e. The van der Waals surface area contributed by atoms with Crippen molar-refractivity contribution in [2.45, 2.75) is 20.8 Å². The Morgan fingerprint density at radius 3 is 2.29 bits per heavy atom. The normalized spacial score (nSPS) is 10.6. The number of halogens is 2. The minimum Gasteiger partial charge on any atom is -0.324 e. The van der Waals surface area contributed by atoms with E-state index in [1.165, 1.54) is 25.1 Å². The van der Waals surface area contributed by atoms with E-state index < -0.39 is 17.6 Å². The SMILES string of the molecule is CC(=O)Nc1cc(NC(=O)c2cc(-n3c(C)ccc3C)ccc2Cl)ccc1F. The summed E-state index contributed by atoms with van der Waals surface area (Å²) in [5.41, 5.74) is 3.49. The fourth-order valence-corrected chi connectivity index (χ4v) is 3.19. The van der Waals surface area contributed by atoms with Gasteiger partial charge in [-0.1, -0.05) is 11.6 Å². The zero-order chi connectivity index (χ0) is 20.4. The summed E-state index contributed by atoms with van der Waals surface area (Å²) in [7, 11) is 0. The van der Waals surface area contributed by atoms with Crippen LogP contribution >= 0.6 is 11.6 Å². The molecule has 0 unspecified atom stereocenters. The van der Waals surface area contributed by atoms with Gasteiger partial charge in [0.15, 0.2) is 0 Å². The van der Waals surface area contributed by atoms with Gasteiger partial charge < -0.3 is 15.2 Å². The minimum atomic E-state index is -0.591. The molecule has 0 radical (unpaired) electrons. The van der Waals surface area contributed by atoms with Crippen molar-refractivity contribution in [1.82, 2.24) is 4.57 Å². The molecule has 2 amide bonds. The number of aryl methyl sites for hydroxylation is 2. The lowest BCUT2D eigenvalue weighted by molar-refractivity contribution is -0.114. The molecular formula is C21H19ClFN3O2. The maximum absolute atomic E-state index is 13.8.